The number of aliphatic hydroxyl groups is 1. The molecule has 6 nitrogen and oxygen atoms in total. The second-order valence-corrected chi connectivity index (χ2v) is 5.39. The van der Waals surface area contributed by atoms with Crippen molar-refractivity contribution >= 4 is 5.91 Å². The first-order chi connectivity index (χ1) is 10.7. The third-order valence-electron chi connectivity index (χ3n) is 3.76. The van der Waals surface area contributed by atoms with Crippen LogP contribution in [0.3, 0.4) is 0 Å². The predicted molar refractivity (Wildman–Crippen MR) is 79.3 cm³/mol. The van der Waals surface area contributed by atoms with Crippen LogP contribution in [-0.4, -0.2) is 53.0 Å². The maximum Gasteiger partial charge on any atom is 0.276 e. The SMILES string of the molecule is CC1COC(CO)CN1C(=O)c1cc(-c2ccccc2)on1. The van der Waals surface area contributed by atoms with E-state index < -0.39 is 0 Å². The summed E-state index contributed by atoms with van der Waals surface area (Å²) in [5, 5.41) is 13.1. The van der Waals surface area contributed by atoms with E-state index in [4.69, 9.17) is 9.26 Å². The molecule has 1 amide bonds. The molecule has 1 N–H and O–H groups in total. The highest BCUT2D eigenvalue weighted by Crippen LogP contribution is 2.22. The van der Waals surface area contributed by atoms with Gasteiger partial charge in [0.15, 0.2) is 11.5 Å². The Kier molecular flexibility index (Phi) is 4.22. The molecule has 2 aromatic rings. The van der Waals surface area contributed by atoms with E-state index in [1.165, 1.54) is 0 Å². The molecule has 1 aromatic heterocycles. The Morgan fingerprint density at radius 3 is 2.91 bits per heavy atom. The van der Waals surface area contributed by atoms with Crippen molar-refractivity contribution in [2.75, 3.05) is 19.8 Å². The lowest BCUT2D eigenvalue weighted by Gasteiger charge is -2.36. The molecule has 2 heterocycles. The van der Waals surface area contributed by atoms with Crippen molar-refractivity contribution < 1.29 is 19.2 Å². The van der Waals surface area contributed by atoms with Crippen LogP contribution in [0.25, 0.3) is 11.3 Å². The lowest BCUT2D eigenvalue weighted by atomic mass is 10.1. The summed E-state index contributed by atoms with van der Waals surface area (Å²) in [4.78, 5) is 14.2. The Morgan fingerprint density at radius 2 is 2.18 bits per heavy atom. The maximum atomic E-state index is 12.6. The van der Waals surface area contributed by atoms with Crippen molar-refractivity contribution in [3.63, 3.8) is 0 Å². The van der Waals surface area contributed by atoms with E-state index in [1.807, 2.05) is 37.3 Å². The van der Waals surface area contributed by atoms with Crippen molar-refractivity contribution in [3.05, 3.63) is 42.1 Å². The first-order valence-corrected chi connectivity index (χ1v) is 7.24. The fourth-order valence-corrected chi connectivity index (χ4v) is 2.47. The van der Waals surface area contributed by atoms with Gasteiger partial charge in [0.05, 0.1) is 25.4 Å². The smallest absolute Gasteiger partial charge is 0.276 e. The molecule has 0 bridgehead atoms. The lowest BCUT2D eigenvalue weighted by Crippen LogP contribution is -2.52. The van der Waals surface area contributed by atoms with Gasteiger partial charge in [-0.3, -0.25) is 4.79 Å². The number of amides is 1. The van der Waals surface area contributed by atoms with E-state index in [2.05, 4.69) is 5.16 Å². The van der Waals surface area contributed by atoms with Crippen LogP contribution in [0.15, 0.2) is 40.9 Å². The molecule has 3 rings (SSSR count). The van der Waals surface area contributed by atoms with Gasteiger partial charge in [0.2, 0.25) is 0 Å². The lowest BCUT2D eigenvalue weighted by molar-refractivity contribution is -0.0669. The Labute approximate surface area is 128 Å². The van der Waals surface area contributed by atoms with Gasteiger partial charge in [-0.15, -0.1) is 0 Å². The van der Waals surface area contributed by atoms with Crippen LogP contribution in [0.5, 0.6) is 0 Å². The molecule has 2 unspecified atom stereocenters. The average Bonchev–Trinajstić information content (AvgIpc) is 3.05. The number of morpholine rings is 1. The van der Waals surface area contributed by atoms with Crippen LogP contribution < -0.4 is 0 Å². The number of hydrogen-bond acceptors (Lipinski definition) is 5. The Bertz CT molecular complexity index is 641. The van der Waals surface area contributed by atoms with Crippen LogP contribution in [-0.2, 0) is 4.74 Å². The fraction of sp³-hybridized carbons (Fsp3) is 0.375. The number of hydrogen-bond donors (Lipinski definition) is 1. The van der Waals surface area contributed by atoms with Crippen LogP contribution in [0, 0.1) is 0 Å². The molecular formula is C16H18N2O4. The largest absolute Gasteiger partial charge is 0.394 e. The minimum absolute atomic E-state index is 0.0628. The zero-order valence-corrected chi connectivity index (χ0v) is 12.3. The van der Waals surface area contributed by atoms with Crippen LogP contribution in [0.1, 0.15) is 17.4 Å². The molecule has 0 saturated carbocycles. The number of nitrogens with zero attached hydrogens (tertiary/aromatic N) is 2. The molecule has 0 radical (unpaired) electrons. The van der Waals surface area contributed by atoms with Gasteiger partial charge >= 0.3 is 0 Å². The molecular weight excluding hydrogens is 284 g/mol. The number of carbonyl (C=O) groups is 1. The van der Waals surface area contributed by atoms with Crippen LogP contribution in [0.4, 0.5) is 0 Å². The summed E-state index contributed by atoms with van der Waals surface area (Å²) in [6.45, 7) is 2.55. The summed E-state index contributed by atoms with van der Waals surface area (Å²) in [5.74, 6) is 0.351. The van der Waals surface area contributed by atoms with Crippen molar-refractivity contribution in [2.24, 2.45) is 0 Å². The molecule has 116 valence electrons. The second-order valence-electron chi connectivity index (χ2n) is 5.39. The third-order valence-corrected chi connectivity index (χ3v) is 3.76. The van der Waals surface area contributed by atoms with Gasteiger partial charge in [-0.05, 0) is 6.92 Å². The standard InChI is InChI=1S/C16H18N2O4/c1-11-10-21-13(9-19)8-18(11)16(20)14-7-15(22-17-14)12-5-3-2-4-6-12/h2-7,11,13,19H,8-10H2,1H3. The topological polar surface area (TPSA) is 75.8 Å². The maximum absolute atomic E-state index is 12.6. The number of ether oxygens (including phenoxy) is 1. The summed E-state index contributed by atoms with van der Waals surface area (Å²) in [7, 11) is 0. The van der Waals surface area contributed by atoms with E-state index in [0.717, 1.165) is 5.56 Å². The van der Waals surface area contributed by atoms with Gasteiger partial charge in [0.25, 0.3) is 5.91 Å². The summed E-state index contributed by atoms with van der Waals surface area (Å²) in [5.41, 5.74) is 1.14. The summed E-state index contributed by atoms with van der Waals surface area (Å²) >= 11 is 0. The van der Waals surface area contributed by atoms with E-state index in [9.17, 15) is 9.90 Å². The summed E-state index contributed by atoms with van der Waals surface area (Å²) in [6, 6.07) is 11.1. The quantitative estimate of drug-likeness (QED) is 0.931. The minimum atomic E-state index is -0.347. The van der Waals surface area contributed by atoms with E-state index in [1.54, 1.807) is 11.0 Å². The van der Waals surface area contributed by atoms with Crippen molar-refractivity contribution in [1.82, 2.24) is 10.1 Å². The van der Waals surface area contributed by atoms with Gasteiger partial charge < -0.3 is 19.3 Å². The average molecular weight is 302 g/mol. The third kappa shape index (κ3) is 2.88. The van der Waals surface area contributed by atoms with Crippen LogP contribution in [0.2, 0.25) is 0 Å². The fourth-order valence-electron chi connectivity index (χ4n) is 2.47. The van der Waals surface area contributed by atoms with E-state index in [0.29, 0.717) is 18.9 Å². The molecule has 6 heteroatoms. The zero-order valence-electron chi connectivity index (χ0n) is 12.3. The highest BCUT2D eigenvalue weighted by molar-refractivity contribution is 5.93. The number of benzene rings is 1. The number of aromatic nitrogens is 1. The van der Waals surface area contributed by atoms with Crippen molar-refractivity contribution in [3.8, 4) is 11.3 Å². The normalized spacial score (nSPS) is 21.8. The van der Waals surface area contributed by atoms with Gasteiger partial charge in [-0.1, -0.05) is 35.5 Å². The monoisotopic (exact) mass is 302 g/mol. The van der Waals surface area contributed by atoms with Gasteiger partial charge in [-0.2, -0.15) is 0 Å². The Balaban J connectivity index is 1.79. The Hall–Kier alpha value is -2.18. The van der Waals surface area contributed by atoms with E-state index in [-0.39, 0.29) is 30.4 Å². The van der Waals surface area contributed by atoms with Gasteiger partial charge in [-0.25, -0.2) is 0 Å². The van der Waals surface area contributed by atoms with Crippen LogP contribution >= 0.6 is 0 Å². The zero-order chi connectivity index (χ0) is 15.5. The molecule has 0 aliphatic carbocycles. The number of carbonyl (C=O) groups excluding carboxylic acids is 1. The van der Waals surface area contributed by atoms with Gasteiger partial charge in [0.1, 0.15) is 0 Å². The van der Waals surface area contributed by atoms with Crippen molar-refractivity contribution in [2.45, 2.75) is 19.1 Å². The predicted octanol–water partition coefficient (Wildman–Crippen LogP) is 1.56. The molecule has 1 aromatic carbocycles. The highest BCUT2D eigenvalue weighted by atomic mass is 16.5. The minimum Gasteiger partial charge on any atom is -0.394 e. The van der Waals surface area contributed by atoms with Crippen molar-refractivity contribution in [1.29, 1.82) is 0 Å². The number of aliphatic hydroxyl groups excluding tert-OH is 1. The molecule has 1 aliphatic rings. The molecule has 1 saturated heterocycles. The highest BCUT2D eigenvalue weighted by Gasteiger charge is 2.31. The molecule has 22 heavy (non-hydrogen) atoms. The molecule has 1 aliphatic heterocycles. The molecule has 0 spiro atoms. The number of rotatable bonds is 3. The summed E-state index contributed by atoms with van der Waals surface area (Å²) < 4.78 is 10.7. The van der Waals surface area contributed by atoms with E-state index >= 15 is 0 Å². The second kappa shape index (κ2) is 6.29. The molecule has 2 atom stereocenters. The summed E-state index contributed by atoms with van der Waals surface area (Å²) in [6.07, 6.45) is -0.347. The molecule has 1 fully saturated rings. The first-order valence-electron chi connectivity index (χ1n) is 7.24. The van der Waals surface area contributed by atoms with Gasteiger partial charge in [0, 0.05) is 18.2 Å². The Morgan fingerprint density at radius 1 is 1.41 bits per heavy atom. The first kappa shape index (κ1) is 14.7.